The number of thioether (sulfide) groups is 1. The molecule has 0 aromatic rings. The highest BCUT2D eigenvalue weighted by Crippen LogP contribution is 2.18. The Morgan fingerprint density at radius 2 is 2.22 bits per heavy atom. The largest absolute Gasteiger partial charge is 0.481 e. The van der Waals surface area contributed by atoms with Gasteiger partial charge in [-0.15, -0.1) is 0 Å². The fourth-order valence-corrected chi connectivity index (χ4v) is 2.84. The predicted molar refractivity (Wildman–Crippen MR) is 72.0 cm³/mol. The van der Waals surface area contributed by atoms with Crippen LogP contribution in [0.1, 0.15) is 6.42 Å². The Morgan fingerprint density at radius 1 is 1.50 bits per heavy atom. The number of urea groups is 1. The highest BCUT2D eigenvalue weighted by atomic mass is 32.2. The lowest BCUT2D eigenvalue weighted by atomic mass is 10.2. The lowest BCUT2D eigenvalue weighted by molar-refractivity contribution is -0.137. The standard InChI is InChI=1S/C11H21N3O3S/c1-13(2)4-3-12-11(17)14-5-6-18-8-9(14)7-10(15)16/h9H,3-8H2,1-2H3,(H,12,17)(H,15,16). The van der Waals surface area contributed by atoms with Crippen LogP contribution in [0.2, 0.25) is 0 Å². The van der Waals surface area contributed by atoms with E-state index in [9.17, 15) is 9.59 Å². The van der Waals surface area contributed by atoms with Crippen LogP contribution in [0, 0.1) is 0 Å². The average molecular weight is 275 g/mol. The van der Waals surface area contributed by atoms with E-state index in [1.54, 1.807) is 16.7 Å². The molecule has 1 aliphatic heterocycles. The van der Waals surface area contributed by atoms with Crippen LogP contribution in [0.25, 0.3) is 0 Å². The van der Waals surface area contributed by atoms with Gasteiger partial charge >= 0.3 is 12.0 Å². The molecule has 0 bridgehead atoms. The molecule has 1 saturated heterocycles. The van der Waals surface area contributed by atoms with Crippen LogP contribution in [-0.4, -0.2) is 78.2 Å². The SMILES string of the molecule is CN(C)CCNC(=O)N1CCSCC1CC(=O)O. The zero-order valence-electron chi connectivity index (χ0n) is 10.9. The average Bonchev–Trinajstić information content (AvgIpc) is 2.28. The van der Waals surface area contributed by atoms with Crippen molar-refractivity contribution in [3.05, 3.63) is 0 Å². The number of carbonyl (C=O) groups is 2. The first-order valence-corrected chi connectivity index (χ1v) is 7.15. The minimum atomic E-state index is -0.853. The molecule has 1 fully saturated rings. The number of hydrogen-bond acceptors (Lipinski definition) is 4. The zero-order chi connectivity index (χ0) is 13.5. The number of carboxylic acid groups (broad SMARTS) is 1. The summed E-state index contributed by atoms with van der Waals surface area (Å²) in [6.07, 6.45) is 0.0219. The fraction of sp³-hybridized carbons (Fsp3) is 0.818. The summed E-state index contributed by atoms with van der Waals surface area (Å²) in [5, 5.41) is 11.7. The van der Waals surface area contributed by atoms with E-state index in [1.807, 2.05) is 19.0 Å². The van der Waals surface area contributed by atoms with Crippen LogP contribution in [0.5, 0.6) is 0 Å². The zero-order valence-corrected chi connectivity index (χ0v) is 11.7. The summed E-state index contributed by atoms with van der Waals surface area (Å²) >= 11 is 1.70. The first kappa shape index (κ1) is 15.1. The van der Waals surface area contributed by atoms with Gasteiger partial charge in [-0.05, 0) is 14.1 Å². The fourth-order valence-electron chi connectivity index (χ4n) is 1.78. The molecule has 0 aliphatic carbocycles. The second-order valence-corrected chi connectivity index (χ2v) is 5.71. The van der Waals surface area contributed by atoms with Gasteiger partial charge in [-0.25, -0.2) is 4.79 Å². The lowest BCUT2D eigenvalue weighted by Gasteiger charge is -2.34. The molecule has 0 saturated carbocycles. The van der Waals surface area contributed by atoms with Crippen molar-refractivity contribution in [2.45, 2.75) is 12.5 Å². The smallest absolute Gasteiger partial charge is 0.317 e. The summed E-state index contributed by atoms with van der Waals surface area (Å²) in [5.41, 5.74) is 0. The molecule has 0 aromatic carbocycles. The third-order valence-corrected chi connectivity index (χ3v) is 3.83. The van der Waals surface area contributed by atoms with Gasteiger partial charge in [0.15, 0.2) is 0 Å². The summed E-state index contributed by atoms with van der Waals surface area (Å²) in [5.74, 6) is 0.721. The van der Waals surface area contributed by atoms with Gasteiger partial charge in [0.05, 0.1) is 12.5 Å². The van der Waals surface area contributed by atoms with E-state index in [0.29, 0.717) is 18.8 Å². The van der Waals surface area contributed by atoms with Crippen LogP contribution in [0.3, 0.4) is 0 Å². The maximum absolute atomic E-state index is 12.0. The molecule has 0 aromatic heterocycles. The van der Waals surface area contributed by atoms with Gasteiger partial charge in [-0.2, -0.15) is 11.8 Å². The Morgan fingerprint density at radius 3 is 2.83 bits per heavy atom. The molecule has 7 heteroatoms. The van der Waals surface area contributed by atoms with E-state index in [2.05, 4.69) is 5.32 Å². The molecule has 1 rings (SSSR count). The van der Waals surface area contributed by atoms with E-state index in [4.69, 9.17) is 5.11 Å². The monoisotopic (exact) mass is 275 g/mol. The van der Waals surface area contributed by atoms with Crippen LogP contribution in [0.4, 0.5) is 4.79 Å². The van der Waals surface area contributed by atoms with Gasteiger partial charge in [-0.3, -0.25) is 4.79 Å². The second-order valence-electron chi connectivity index (χ2n) is 4.56. The quantitative estimate of drug-likeness (QED) is 0.747. The molecule has 104 valence electrons. The number of hydrogen-bond donors (Lipinski definition) is 2. The summed E-state index contributed by atoms with van der Waals surface area (Å²) in [6, 6.07) is -0.344. The third-order valence-electron chi connectivity index (χ3n) is 2.73. The Kier molecular flexibility index (Phi) is 6.28. The van der Waals surface area contributed by atoms with Crippen molar-refractivity contribution in [2.24, 2.45) is 0 Å². The molecular weight excluding hydrogens is 254 g/mol. The van der Waals surface area contributed by atoms with Crippen molar-refractivity contribution >= 4 is 23.8 Å². The summed E-state index contributed by atoms with van der Waals surface area (Å²) in [7, 11) is 3.88. The maximum atomic E-state index is 12.0. The van der Waals surface area contributed by atoms with E-state index in [0.717, 1.165) is 12.3 Å². The highest BCUT2D eigenvalue weighted by molar-refractivity contribution is 7.99. The van der Waals surface area contributed by atoms with E-state index in [1.165, 1.54) is 0 Å². The topological polar surface area (TPSA) is 72.9 Å². The Bertz CT molecular complexity index is 299. The van der Waals surface area contributed by atoms with Gasteiger partial charge in [0, 0.05) is 31.1 Å². The van der Waals surface area contributed by atoms with Crippen molar-refractivity contribution in [2.75, 3.05) is 45.2 Å². The minimum Gasteiger partial charge on any atom is -0.481 e. The first-order valence-electron chi connectivity index (χ1n) is 5.99. The number of rotatable bonds is 5. The van der Waals surface area contributed by atoms with Gasteiger partial charge < -0.3 is 20.2 Å². The third kappa shape index (κ3) is 5.14. The molecule has 1 heterocycles. The van der Waals surface area contributed by atoms with E-state index >= 15 is 0 Å². The van der Waals surface area contributed by atoms with Crippen LogP contribution >= 0.6 is 11.8 Å². The van der Waals surface area contributed by atoms with E-state index < -0.39 is 5.97 Å². The van der Waals surface area contributed by atoms with Crippen LogP contribution in [0.15, 0.2) is 0 Å². The molecule has 18 heavy (non-hydrogen) atoms. The van der Waals surface area contributed by atoms with Gasteiger partial charge in [0.25, 0.3) is 0 Å². The Hall–Kier alpha value is -0.950. The van der Waals surface area contributed by atoms with Gasteiger partial charge in [0.2, 0.25) is 0 Å². The molecule has 6 nitrogen and oxygen atoms in total. The second kappa shape index (κ2) is 7.48. The molecule has 2 amide bonds. The van der Waals surface area contributed by atoms with Crippen molar-refractivity contribution < 1.29 is 14.7 Å². The minimum absolute atomic E-state index is 0.0219. The molecule has 1 unspecified atom stereocenters. The summed E-state index contributed by atoms with van der Waals surface area (Å²) in [4.78, 5) is 26.4. The van der Waals surface area contributed by atoms with Gasteiger partial charge in [0.1, 0.15) is 0 Å². The van der Waals surface area contributed by atoms with Crippen molar-refractivity contribution in [1.29, 1.82) is 0 Å². The Balaban J connectivity index is 2.44. The Labute approximate surface area is 112 Å². The number of likely N-dealkylation sites (N-methyl/N-ethyl adjacent to an activating group) is 1. The predicted octanol–water partition coefficient (Wildman–Crippen LogP) is 0.150. The number of nitrogens with one attached hydrogen (secondary N) is 1. The normalized spacial score (nSPS) is 19.9. The number of aliphatic carboxylic acids is 1. The first-order chi connectivity index (χ1) is 8.50. The van der Waals surface area contributed by atoms with Crippen LogP contribution < -0.4 is 5.32 Å². The maximum Gasteiger partial charge on any atom is 0.317 e. The molecule has 1 atom stereocenters. The van der Waals surface area contributed by atoms with Crippen molar-refractivity contribution in [3.63, 3.8) is 0 Å². The molecule has 0 spiro atoms. The lowest BCUT2D eigenvalue weighted by Crippen LogP contribution is -2.52. The van der Waals surface area contributed by atoms with Gasteiger partial charge in [-0.1, -0.05) is 0 Å². The number of nitrogens with zero attached hydrogens (tertiary/aromatic N) is 2. The molecule has 0 radical (unpaired) electrons. The van der Waals surface area contributed by atoms with Crippen molar-refractivity contribution in [1.82, 2.24) is 15.1 Å². The van der Waals surface area contributed by atoms with Crippen molar-refractivity contribution in [3.8, 4) is 0 Å². The number of carboxylic acids is 1. The van der Waals surface area contributed by atoms with E-state index in [-0.39, 0.29) is 18.5 Å². The molecular formula is C11H21N3O3S. The number of amides is 2. The highest BCUT2D eigenvalue weighted by Gasteiger charge is 2.28. The summed E-state index contributed by atoms with van der Waals surface area (Å²) < 4.78 is 0. The van der Waals surface area contributed by atoms with Crippen LogP contribution in [-0.2, 0) is 4.79 Å². The summed E-state index contributed by atoms with van der Waals surface area (Å²) in [6.45, 7) is 1.98. The molecule has 2 N–H and O–H groups in total. The number of carbonyl (C=O) groups excluding carboxylic acids is 1. The molecule has 1 aliphatic rings.